The molecule has 4 N–H and O–H groups in total. The number of benzene rings is 2. The number of nitrogens with one attached hydrogen (secondary N) is 4. The molecule has 2 rings (SSSR count). The molecule has 0 radical (unpaired) electrons. The zero-order valence-electron chi connectivity index (χ0n) is 24.1. The zero-order chi connectivity index (χ0) is 30.5. The summed E-state index contributed by atoms with van der Waals surface area (Å²) in [5.74, 6) is 0.0533. The molecule has 1 atom stereocenters. The number of para-hydroxylation sites is 1. The van der Waals surface area contributed by atoms with Crippen molar-refractivity contribution in [1.82, 2.24) is 20.9 Å². The molecule has 2 aromatic rings. The van der Waals surface area contributed by atoms with Crippen molar-refractivity contribution < 1.29 is 23.1 Å². The van der Waals surface area contributed by atoms with Gasteiger partial charge >= 0.3 is 6.61 Å². The molecule has 0 saturated carbocycles. The average molecular weight is 574 g/mol. The monoisotopic (exact) mass is 573 g/mol. The number of hydrogen-bond donors (Lipinski definition) is 4. The van der Waals surface area contributed by atoms with Crippen LogP contribution in [0.15, 0.2) is 58.6 Å². The lowest BCUT2D eigenvalue weighted by Crippen LogP contribution is -2.45. The lowest BCUT2D eigenvalue weighted by molar-refractivity contribution is -0.119. The number of carbonyl (C=O) groups is 2. The van der Waals surface area contributed by atoms with Gasteiger partial charge in [0.1, 0.15) is 5.75 Å². The standard InChI is InChI=1S/C27H34F2N6O3.C2H7N/c1-30-10-11-35(19-37)24(16-32-3)17-33-14-23(13-31-2)20-8-9-22(18-36)25(12-20)34-15-21-6-4-5-7-26(21)38-27(28)29;1-3-2/h4-9,12-14,18-19,24,27,30,32,34H,2,10-11,15-17H2,1,3H3;3H,1-2H3/b23-13+,33-14?;. The normalized spacial score (nSPS) is 11.9. The molecule has 0 spiro atoms. The SMILES string of the molecule is C=N/C=C(\C=NCC(CNC)N(C=O)CCNC)c1ccc(C=O)c(NCc2ccccc2OC(F)F)c1.CNC. The minimum absolute atomic E-state index is 0.0533. The molecule has 0 heterocycles. The van der Waals surface area contributed by atoms with Crippen LogP contribution in [0.4, 0.5) is 14.5 Å². The second kappa shape index (κ2) is 20.8. The van der Waals surface area contributed by atoms with Crippen LogP contribution in [0.5, 0.6) is 5.75 Å². The van der Waals surface area contributed by atoms with E-state index < -0.39 is 6.61 Å². The van der Waals surface area contributed by atoms with E-state index in [1.165, 1.54) is 6.07 Å². The first kappa shape index (κ1) is 35.0. The molecule has 10 nitrogen and oxygen atoms in total. The first-order chi connectivity index (χ1) is 19.9. The first-order valence-corrected chi connectivity index (χ1v) is 13.0. The molecule has 0 saturated heterocycles. The predicted molar refractivity (Wildman–Crippen MR) is 163 cm³/mol. The lowest BCUT2D eigenvalue weighted by atomic mass is 10.0. The van der Waals surface area contributed by atoms with Crippen LogP contribution in [-0.2, 0) is 11.3 Å². The zero-order valence-corrected chi connectivity index (χ0v) is 24.1. The summed E-state index contributed by atoms with van der Waals surface area (Å²) in [6.45, 7) is 2.87. The summed E-state index contributed by atoms with van der Waals surface area (Å²) >= 11 is 0. The molecule has 1 amide bonds. The number of rotatable bonds is 18. The van der Waals surface area contributed by atoms with Gasteiger partial charge in [-0.1, -0.05) is 24.3 Å². The van der Waals surface area contributed by atoms with Crippen LogP contribution in [0.25, 0.3) is 5.57 Å². The van der Waals surface area contributed by atoms with Crippen LogP contribution in [0.1, 0.15) is 21.5 Å². The molecule has 0 aromatic heterocycles. The number of amides is 1. The number of alkyl halides is 2. The molecule has 1 unspecified atom stereocenters. The molecule has 0 bridgehead atoms. The van der Waals surface area contributed by atoms with E-state index in [9.17, 15) is 18.4 Å². The average Bonchev–Trinajstić information content (AvgIpc) is 2.96. The van der Waals surface area contributed by atoms with E-state index in [0.717, 1.165) is 6.41 Å². The van der Waals surface area contributed by atoms with Gasteiger partial charge < -0.3 is 30.9 Å². The third-order valence-corrected chi connectivity index (χ3v) is 5.61. The number of nitrogens with zero attached hydrogens (tertiary/aromatic N) is 3. The van der Waals surface area contributed by atoms with Crippen LogP contribution in [0.2, 0.25) is 0 Å². The predicted octanol–water partition coefficient (Wildman–Crippen LogP) is 2.93. The minimum atomic E-state index is -2.95. The molecule has 0 aliphatic heterocycles. The molecule has 41 heavy (non-hydrogen) atoms. The van der Waals surface area contributed by atoms with E-state index in [-0.39, 0.29) is 18.3 Å². The fraction of sp³-hybridized carbons (Fsp3) is 0.379. The number of aliphatic imine (C=N–C) groups is 2. The highest BCUT2D eigenvalue weighted by molar-refractivity contribution is 6.10. The summed E-state index contributed by atoms with van der Waals surface area (Å²) in [6.07, 6.45) is 4.71. The molecule has 0 aliphatic rings. The van der Waals surface area contributed by atoms with Crippen molar-refractivity contribution in [3.63, 3.8) is 0 Å². The number of carbonyl (C=O) groups excluding carboxylic acids is 2. The van der Waals surface area contributed by atoms with E-state index in [2.05, 4.69) is 42.7 Å². The van der Waals surface area contributed by atoms with Gasteiger partial charge in [0, 0.05) is 61.0 Å². The number of halogens is 2. The Morgan fingerprint density at radius 3 is 2.44 bits per heavy atom. The maximum atomic E-state index is 12.8. The van der Waals surface area contributed by atoms with Gasteiger partial charge in [-0.05, 0) is 58.7 Å². The van der Waals surface area contributed by atoms with E-state index in [1.54, 1.807) is 53.7 Å². The van der Waals surface area contributed by atoms with Gasteiger partial charge in [0.25, 0.3) is 0 Å². The van der Waals surface area contributed by atoms with Crippen LogP contribution in [0, 0.1) is 0 Å². The Bertz CT molecular complexity index is 1130. The highest BCUT2D eigenvalue weighted by Gasteiger charge is 2.15. The Hall–Kier alpha value is -4.00. The topological polar surface area (TPSA) is 119 Å². The van der Waals surface area contributed by atoms with E-state index in [0.29, 0.717) is 60.4 Å². The number of hydrogen-bond acceptors (Lipinski definition) is 9. The Morgan fingerprint density at radius 2 is 1.83 bits per heavy atom. The van der Waals surface area contributed by atoms with Crippen molar-refractivity contribution in [2.24, 2.45) is 9.98 Å². The quantitative estimate of drug-likeness (QED) is 0.160. The third-order valence-electron chi connectivity index (χ3n) is 5.61. The van der Waals surface area contributed by atoms with Gasteiger partial charge in [0.15, 0.2) is 6.29 Å². The Morgan fingerprint density at radius 1 is 1.10 bits per heavy atom. The summed E-state index contributed by atoms with van der Waals surface area (Å²) < 4.78 is 30.1. The fourth-order valence-electron chi connectivity index (χ4n) is 3.68. The summed E-state index contributed by atoms with van der Waals surface area (Å²) in [5, 5.41) is 12.0. The van der Waals surface area contributed by atoms with Crippen LogP contribution >= 0.6 is 0 Å². The van der Waals surface area contributed by atoms with Gasteiger partial charge in [-0.25, -0.2) is 0 Å². The van der Waals surface area contributed by atoms with Gasteiger partial charge in [-0.2, -0.15) is 8.78 Å². The van der Waals surface area contributed by atoms with Crippen molar-refractivity contribution >= 4 is 36.9 Å². The van der Waals surface area contributed by atoms with Crippen LogP contribution in [-0.4, -0.2) is 97.6 Å². The maximum Gasteiger partial charge on any atom is 0.387 e. The fourth-order valence-corrected chi connectivity index (χ4v) is 3.68. The van der Waals surface area contributed by atoms with Crippen molar-refractivity contribution in [2.75, 3.05) is 59.7 Å². The highest BCUT2D eigenvalue weighted by Crippen LogP contribution is 2.25. The number of aldehydes is 1. The minimum Gasteiger partial charge on any atom is -0.434 e. The van der Waals surface area contributed by atoms with Crippen molar-refractivity contribution in [3.8, 4) is 5.75 Å². The van der Waals surface area contributed by atoms with Crippen molar-refractivity contribution in [3.05, 3.63) is 65.4 Å². The third kappa shape index (κ3) is 12.8. The first-order valence-electron chi connectivity index (χ1n) is 13.0. The largest absolute Gasteiger partial charge is 0.434 e. The van der Waals surface area contributed by atoms with Crippen LogP contribution < -0.4 is 26.0 Å². The summed E-state index contributed by atoms with van der Waals surface area (Å²) in [6, 6.07) is 11.4. The Balaban J connectivity index is 0.00000268. The number of anilines is 1. The van der Waals surface area contributed by atoms with E-state index >= 15 is 0 Å². The Labute approximate surface area is 241 Å². The maximum absolute atomic E-state index is 12.8. The second-order valence-corrected chi connectivity index (χ2v) is 8.68. The Kier molecular flexibility index (Phi) is 17.8. The number of allylic oxidation sites excluding steroid dienone is 1. The van der Waals surface area contributed by atoms with Crippen LogP contribution in [0.3, 0.4) is 0 Å². The van der Waals surface area contributed by atoms with Gasteiger partial charge in [-0.3, -0.25) is 19.6 Å². The number of likely N-dealkylation sites (N-methyl/N-ethyl adjacent to an activating group) is 2. The summed E-state index contributed by atoms with van der Waals surface area (Å²) in [7, 11) is 7.38. The molecule has 0 fully saturated rings. The summed E-state index contributed by atoms with van der Waals surface area (Å²) in [4.78, 5) is 33.4. The molecule has 224 valence electrons. The molecule has 2 aromatic carbocycles. The molecule has 0 aliphatic carbocycles. The second-order valence-electron chi connectivity index (χ2n) is 8.68. The van der Waals surface area contributed by atoms with Crippen molar-refractivity contribution in [1.29, 1.82) is 0 Å². The van der Waals surface area contributed by atoms with Gasteiger partial charge in [0.05, 0.1) is 12.6 Å². The molecular weight excluding hydrogens is 532 g/mol. The summed E-state index contributed by atoms with van der Waals surface area (Å²) in [5.41, 5.74) is 2.75. The molecular formula is C29H41F2N7O3. The molecule has 12 heteroatoms. The highest BCUT2D eigenvalue weighted by atomic mass is 19.3. The van der Waals surface area contributed by atoms with Gasteiger partial charge in [-0.15, -0.1) is 0 Å². The number of ether oxygens (including phenoxy) is 1. The van der Waals surface area contributed by atoms with E-state index in [4.69, 9.17) is 0 Å². The van der Waals surface area contributed by atoms with Crippen molar-refractivity contribution in [2.45, 2.75) is 19.2 Å². The lowest BCUT2D eigenvalue weighted by Gasteiger charge is -2.27. The van der Waals surface area contributed by atoms with E-state index in [1.807, 2.05) is 28.2 Å². The smallest absolute Gasteiger partial charge is 0.387 e. The van der Waals surface area contributed by atoms with Gasteiger partial charge in [0.2, 0.25) is 6.41 Å².